The highest BCUT2D eigenvalue weighted by molar-refractivity contribution is 6.04. The second kappa shape index (κ2) is 10.9. The van der Waals surface area contributed by atoms with Crippen LogP contribution in [0, 0.1) is 22.7 Å². The molecule has 0 bridgehead atoms. The molecule has 2 aromatic heterocycles. The van der Waals surface area contributed by atoms with Gasteiger partial charge in [0.1, 0.15) is 0 Å². The van der Waals surface area contributed by atoms with Crippen molar-refractivity contribution in [2.75, 3.05) is 19.7 Å². The fraction of sp³-hybridized carbons (Fsp3) is 0.333. The van der Waals surface area contributed by atoms with Gasteiger partial charge in [0.2, 0.25) is 0 Å². The van der Waals surface area contributed by atoms with Crippen molar-refractivity contribution >= 4 is 22.9 Å². The smallest absolute Gasteiger partial charge is 0.339 e. The van der Waals surface area contributed by atoms with E-state index >= 15 is 0 Å². The molecule has 9 heteroatoms. The lowest BCUT2D eigenvalue weighted by molar-refractivity contribution is -0.134. The van der Waals surface area contributed by atoms with Crippen LogP contribution < -0.4 is 0 Å². The number of hydrogen-bond donors (Lipinski definition) is 0. The SMILES string of the molecule is CC(C)n1ncc2c(C(=O)OCC(=O)N(CCC#N)CCC#N)cc(-c3ccccc3)nc21. The third-order valence-corrected chi connectivity index (χ3v) is 5.01. The highest BCUT2D eigenvalue weighted by atomic mass is 16.5. The molecule has 0 fully saturated rings. The predicted molar refractivity (Wildman–Crippen MR) is 121 cm³/mol. The number of rotatable bonds is 9. The summed E-state index contributed by atoms with van der Waals surface area (Å²) in [6.45, 7) is 3.80. The molecular formula is C24H24N6O3. The van der Waals surface area contributed by atoms with E-state index in [1.165, 1.54) is 4.90 Å². The largest absolute Gasteiger partial charge is 0.452 e. The van der Waals surface area contributed by atoms with E-state index < -0.39 is 18.5 Å². The van der Waals surface area contributed by atoms with Gasteiger partial charge in [0, 0.05) is 24.7 Å². The summed E-state index contributed by atoms with van der Waals surface area (Å²) in [4.78, 5) is 31.6. The maximum atomic E-state index is 13.0. The Morgan fingerprint density at radius 1 is 1.12 bits per heavy atom. The van der Waals surface area contributed by atoms with E-state index in [1.807, 2.05) is 56.3 Å². The summed E-state index contributed by atoms with van der Waals surface area (Å²) in [6.07, 6.45) is 1.83. The highest BCUT2D eigenvalue weighted by Gasteiger charge is 2.21. The minimum atomic E-state index is -0.670. The van der Waals surface area contributed by atoms with E-state index in [-0.39, 0.29) is 37.5 Å². The van der Waals surface area contributed by atoms with E-state index in [1.54, 1.807) is 16.9 Å². The molecule has 0 radical (unpaired) electrons. The van der Waals surface area contributed by atoms with Gasteiger partial charge in [0.15, 0.2) is 12.3 Å². The van der Waals surface area contributed by atoms with Crippen LogP contribution in [-0.2, 0) is 9.53 Å². The van der Waals surface area contributed by atoms with Gasteiger partial charge in [-0.1, -0.05) is 30.3 Å². The zero-order valence-corrected chi connectivity index (χ0v) is 18.6. The fourth-order valence-corrected chi connectivity index (χ4v) is 3.35. The number of fused-ring (bicyclic) bond motifs is 1. The third-order valence-electron chi connectivity index (χ3n) is 5.01. The highest BCUT2D eigenvalue weighted by Crippen LogP contribution is 2.26. The van der Waals surface area contributed by atoms with E-state index in [4.69, 9.17) is 20.2 Å². The molecule has 2 heterocycles. The summed E-state index contributed by atoms with van der Waals surface area (Å²) in [5, 5.41) is 22.5. The van der Waals surface area contributed by atoms with Gasteiger partial charge >= 0.3 is 5.97 Å². The number of nitriles is 2. The zero-order chi connectivity index (χ0) is 23.8. The molecule has 1 aromatic carbocycles. The zero-order valence-electron chi connectivity index (χ0n) is 18.6. The van der Waals surface area contributed by atoms with Gasteiger partial charge in [0.25, 0.3) is 5.91 Å². The molecule has 0 atom stereocenters. The number of pyridine rings is 1. The number of aromatic nitrogens is 3. The molecule has 33 heavy (non-hydrogen) atoms. The van der Waals surface area contributed by atoms with Crippen LogP contribution >= 0.6 is 0 Å². The molecule has 168 valence electrons. The minimum Gasteiger partial charge on any atom is -0.452 e. The molecule has 1 amide bonds. The van der Waals surface area contributed by atoms with Crippen LogP contribution in [-0.4, -0.2) is 51.2 Å². The molecule has 3 rings (SSSR count). The topological polar surface area (TPSA) is 125 Å². The summed E-state index contributed by atoms with van der Waals surface area (Å²) in [5.41, 5.74) is 2.24. The van der Waals surface area contributed by atoms with Crippen LogP contribution in [0.3, 0.4) is 0 Å². The Balaban J connectivity index is 1.89. The van der Waals surface area contributed by atoms with Crippen molar-refractivity contribution in [2.45, 2.75) is 32.7 Å². The molecule has 0 spiro atoms. The van der Waals surface area contributed by atoms with Crippen molar-refractivity contribution in [3.8, 4) is 23.4 Å². The van der Waals surface area contributed by atoms with Gasteiger partial charge in [0.05, 0.1) is 47.8 Å². The van der Waals surface area contributed by atoms with Crippen molar-refractivity contribution in [1.82, 2.24) is 19.7 Å². The summed E-state index contributed by atoms with van der Waals surface area (Å²) in [6, 6.07) is 15.1. The summed E-state index contributed by atoms with van der Waals surface area (Å²) >= 11 is 0. The van der Waals surface area contributed by atoms with Crippen molar-refractivity contribution < 1.29 is 14.3 Å². The number of ether oxygens (including phenoxy) is 1. The van der Waals surface area contributed by atoms with Gasteiger partial charge in [-0.15, -0.1) is 0 Å². The van der Waals surface area contributed by atoms with Gasteiger partial charge < -0.3 is 9.64 Å². The van der Waals surface area contributed by atoms with Gasteiger partial charge in [-0.05, 0) is 19.9 Å². The van der Waals surface area contributed by atoms with Crippen LogP contribution in [0.2, 0.25) is 0 Å². The summed E-state index contributed by atoms with van der Waals surface area (Å²) in [5.74, 6) is -1.13. The Bertz CT molecular complexity index is 1200. The molecule has 0 N–H and O–H groups in total. The number of benzene rings is 1. The van der Waals surface area contributed by atoms with Gasteiger partial charge in [-0.25, -0.2) is 14.5 Å². The Labute approximate surface area is 191 Å². The lowest BCUT2D eigenvalue weighted by Gasteiger charge is -2.20. The normalized spacial score (nSPS) is 10.6. The number of carbonyl (C=O) groups excluding carboxylic acids is 2. The number of nitrogens with zero attached hydrogens (tertiary/aromatic N) is 6. The molecule has 0 aliphatic carbocycles. The quantitative estimate of drug-likeness (QED) is 0.463. The van der Waals surface area contributed by atoms with E-state index in [0.717, 1.165) is 5.56 Å². The lowest BCUT2D eigenvalue weighted by atomic mass is 10.1. The molecular weight excluding hydrogens is 420 g/mol. The first kappa shape index (κ1) is 23.4. The van der Waals surface area contributed by atoms with Crippen LogP contribution in [0.25, 0.3) is 22.3 Å². The minimum absolute atomic E-state index is 0.0281. The van der Waals surface area contributed by atoms with Crippen LogP contribution in [0.15, 0.2) is 42.6 Å². The third kappa shape index (κ3) is 5.52. The van der Waals surface area contributed by atoms with Crippen molar-refractivity contribution in [2.24, 2.45) is 0 Å². The molecule has 3 aromatic rings. The average molecular weight is 444 g/mol. The number of amides is 1. The molecule has 0 saturated heterocycles. The van der Waals surface area contributed by atoms with Crippen LogP contribution in [0.1, 0.15) is 43.1 Å². The van der Waals surface area contributed by atoms with Crippen LogP contribution in [0.4, 0.5) is 0 Å². The van der Waals surface area contributed by atoms with Gasteiger partial charge in [-0.3, -0.25) is 4.79 Å². The second-order valence-corrected chi connectivity index (χ2v) is 7.61. The first-order valence-electron chi connectivity index (χ1n) is 10.6. The fourth-order valence-electron chi connectivity index (χ4n) is 3.35. The average Bonchev–Trinajstić information content (AvgIpc) is 3.27. The molecule has 0 aliphatic rings. The van der Waals surface area contributed by atoms with Crippen molar-refractivity contribution in [3.63, 3.8) is 0 Å². The number of esters is 1. The van der Waals surface area contributed by atoms with Crippen molar-refractivity contribution in [3.05, 3.63) is 48.2 Å². The molecule has 0 aliphatic heterocycles. The second-order valence-electron chi connectivity index (χ2n) is 7.61. The standard InChI is InChI=1S/C24H24N6O3/c1-17(2)30-23-20(15-27-30)19(14-21(28-23)18-8-4-3-5-9-18)24(32)33-16-22(31)29(12-6-10-25)13-7-11-26/h3-5,8-9,14-15,17H,6-7,12-13,16H2,1-2H3. The van der Waals surface area contributed by atoms with E-state index in [0.29, 0.717) is 16.7 Å². The number of carbonyl (C=O) groups is 2. The lowest BCUT2D eigenvalue weighted by Crippen LogP contribution is -2.36. The monoisotopic (exact) mass is 444 g/mol. The van der Waals surface area contributed by atoms with Crippen LogP contribution in [0.5, 0.6) is 0 Å². The Hall–Kier alpha value is -4.24. The predicted octanol–water partition coefficient (Wildman–Crippen LogP) is 3.49. The van der Waals surface area contributed by atoms with E-state index in [2.05, 4.69) is 5.10 Å². The summed E-state index contributed by atoms with van der Waals surface area (Å²) < 4.78 is 7.07. The van der Waals surface area contributed by atoms with Crippen molar-refractivity contribution in [1.29, 1.82) is 10.5 Å². The Kier molecular flexibility index (Phi) is 7.72. The summed E-state index contributed by atoms with van der Waals surface area (Å²) in [7, 11) is 0. The maximum Gasteiger partial charge on any atom is 0.339 e. The maximum absolute atomic E-state index is 13.0. The first-order valence-corrected chi connectivity index (χ1v) is 10.6. The first-order chi connectivity index (χ1) is 16.0. The Morgan fingerprint density at radius 3 is 2.39 bits per heavy atom. The number of hydrogen-bond acceptors (Lipinski definition) is 7. The Morgan fingerprint density at radius 2 is 1.79 bits per heavy atom. The molecule has 0 unspecified atom stereocenters. The molecule has 0 saturated carbocycles. The molecule has 9 nitrogen and oxygen atoms in total. The van der Waals surface area contributed by atoms with Gasteiger partial charge in [-0.2, -0.15) is 15.6 Å². The van der Waals surface area contributed by atoms with E-state index in [9.17, 15) is 9.59 Å².